The molecular formula is C9H20N2O. The maximum atomic E-state index is 8.77. The fraction of sp³-hybridized carbons (Fsp3) is 1.00. The Balaban J connectivity index is 2.24. The first-order chi connectivity index (χ1) is 5.74. The molecule has 1 saturated heterocycles. The van der Waals surface area contributed by atoms with E-state index >= 15 is 0 Å². The summed E-state index contributed by atoms with van der Waals surface area (Å²) in [6.45, 7) is 3.48. The summed E-state index contributed by atoms with van der Waals surface area (Å²) in [5, 5.41) is 8.77. The minimum absolute atomic E-state index is 0.281. The van der Waals surface area contributed by atoms with E-state index in [2.05, 4.69) is 23.9 Å². The number of likely N-dealkylation sites (tertiary alicyclic amines) is 1. The Labute approximate surface area is 75.0 Å². The lowest BCUT2D eigenvalue weighted by molar-refractivity contribution is 0.123. The quantitative estimate of drug-likeness (QED) is 0.649. The summed E-state index contributed by atoms with van der Waals surface area (Å²) in [6, 6.07) is 0.688. The van der Waals surface area contributed by atoms with Gasteiger partial charge in [0.2, 0.25) is 0 Å². The van der Waals surface area contributed by atoms with Crippen LogP contribution >= 0.6 is 0 Å². The van der Waals surface area contributed by atoms with Crippen molar-refractivity contribution in [3.63, 3.8) is 0 Å². The molecule has 1 fully saturated rings. The maximum Gasteiger partial charge on any atom is 0.0558 e. The zero-order valence-corrected chi connectivity index (χ0v) is 8.16. The molecule has 1 N–H and O–H groups in total. The van der Waals surface area contributed by atoms with Gasteiger partial charge < -0.3 is 14.9 Å². The Kier molecular flexibility index (Phi) is 3.98. The van der Waals surface area contributed by atoms with Crippen molar-refractivity contribution in [2.75, 3.05) is 40.3 Å². The molecule has 0 aromatic rings. The van der Waals surface area contributed by atoms with Crippen LogP contribution < -0.4 is 0 Å². The highest BCUT2D eigenvalue weighted by Gasteiger charge is 2.19. The van der Waals surface area contributed by atoms with Crippen molar-refractivity contribution in [3.05, 3.63) is 0 Å². The van der Waals surface area contributed by atoms with E-state index in [9.17, 15) is 0 Å². The predicted molar refractivity (Wildman–Crippen MR) is 50.2 cm³/mol. The normalized spacial score (nSPS) is 22.0. The zero-order chi connectivity index (χ0) is 8.97. The fourth-order valence-electron chi connectivity index (χ4n) is 1.78. The first-order valence-corrected chi connectivity index (χ1v) is 4.73. The molecule has 0 spiro atoms. The minimum Gasteiger partial charge on any atom is -0.395 e. The van der Waals surface area contributed by atoms with Crippen LogP contribution in [0.1, 0.15) is 12.8 Å². The smallest absolute Gasteiger partial charge is 0.0558 e. The summed E-state index contributed by atoms with van der Waals surface area (Å²) in [5.74, 6) is 0. The van der Waals surface area contributed by atoms with Gasteiger partial charge in [-0.3, -0.25) is 0 Å². The van der Waals surface area contributed by atoms with Crippen LogP contribution in [0.2, 0.25) is 0 Å². The summed E-state index contributed by atoms with van der Waals surface area (Å²) < 4.78 is 0. The number of aliphatic hydroxyl groups excluding tert-OH is 1. The number of aliphatic hydroxyl groups is 1. The molecule has 1 aliphatic rings. The molecule has 0 unspecified atom stereocenters. The van der Waals surface area contributed by atoms with Crippen LogP contribution in [0.25, 0.3) is 0 Å². The van der Waals surface area contributed by atoms with Gasteiger partial charge in [0.15, 0.2) is 0 Å². The third kappa shape index (κ3) is 2.73. The average Bonchev–Trinajstić information content (AvgIpc) is 2.06. The van der Waals surface area contributed by atoms with Crippen LogP contribution in [-0.2, 0) is 0 Å². The molecule has 0 saturated carbocycles. The molecule has 1 aliphatic heterocycles. The molecule has 12 heavy (non-hydrogen) atoms. The molecule has 0 radical (unpaired) electrons. The Morgan fingerprint density at radius 1 is 1.42 bits per heavy atom. The van der Waals surface area contributed by atoms with E-state index in [1.165, 1.54) is 25.9 Å². The molecule has 1 heterocycles. The third-order valence-electron chi connectivity index (χ3n) is 2.76. The Hall–Kier alpha value is -0.120. The summed E-state index contributed by atoms with van der Waals surface area (Å²) in [6.07, 6.45) is 2.49. The van der Waals surface area contributed by atoms with Gasteiger partial charge in [-0.1, -0.05) is 0 Å². The van der Waals surface area contributed by atoms with Crippen molar-refractivity contribution in [1.29, 1.82) is 0 Å². The van der Waals surface area contributed by atoms with E-state index in [-0.39, 0.29) is 6.61 Å². The van der Waals surface area contributed by atoms with Gasteiger partial charge in [-0.15, -0.1) is 0 Å². The predicted octanol–water partition coefficient (Wildman–Crippen LogP) is 0.00470. The van der Waals surface area contributed by atoms with Crippen molar-refractivity contribution in [1.82, 2.24) is 9.80 Å². The van der Waals surface area contributed by atoms with Gasteiger partial charge in [-0.25, -0.2) is 0 Å². The van der Waals surface area contributed by atoms with Gasteiger partial charge in [-0.05, 0) is 40.0 Å². The topological polar surface area (TPSA) is 26.7 Å². The van der Waals surface area contributed by atoms with Crippen molar-refractivity contribution < 1.29 is 5.11 Å². The first kappa shape index (κ1) is 9.96. The van der Waals surface area contributed by atoms with Gasteiger partial charge in [0.25, 0.3) is 0 Å². The average molecular weight is 172 g/mol. The van der Waals surface area contributed by atoms with E-state index in [1.54, 1.807) is 0 Å². The number of hydrogen-bond donors (Lipinski definition) is 1. The highest BCUT2D eigenvalue weighted by atomic mass is 16.3. The molecule has 0 aromatic heterocycles. The second kappa shape index (κ2) is 4.80. The lowest BCUT2D eigenvalue weighted by Gasteiger charge is -2.34. The molecule has 0 aliphatic carbocycles. The zero-order valence-electron chi connectivity index (χ0n) is 8.16. The van der Waals surface area contributed by atoms with E-state index in [0.29, 0.717) is 6.04 Å². The van der Waals surface area contributed by atoms with Crippen molar-refractivity contribution >= 4 is 0 Å². The molecule has 3 nitrogen and oxygen atoms in total. The van der Waals surface area contributed by atoms with Gasteiger partial charge in [0.1, 0.15) is 0 Å². The Bertz CT molecular complexity index is 122. The lowest BCUT2D eigenvalue weighted by atomic mass is 10.0. The molecule has 3 heteroatoms. The lowest BCUT2D eigenvalue weighted by Crippen LogP contribution is -2.42. The maximum absolute atomic E-state index is 8.77. The Morgan fingerprint density at radius 3 is 2.50 bits per heavy atom. The molecule has 0 bridgehead atoms. The molecular weight excluding hydrogens is 152 g/mol. The van der Waals surface area contributed by atoms with Gasteiger partial charge in [-0.2, -0.15) is 0 Å². The van der Waals surface area contributed by atoms with Crippen molar-refractivity contribution in [3.8, 4) is 0 Å². The van der Waals surface area contributed by atoms with Crippen molar-refractivity contribution in [2.24, 2.45) is 0 Å². The van der Waals surface area contributed by atoms with Crippen LogP contribution in [-0.4, -0.2) is 61.3 Å². The number of hydrogen-bond acceptors (Lipinski definition) is 3. The molecule has 72 valence electrons. The number of nitrogens with zero attached hydrogens (tertiary/aromatic N) is 2. The van der Waals surface area contributed by atoms with E-state index < -0.39 is 0 Å². The van der Waals surface area contributed by atoms with E-state index in [1.807, 2.05) is 0 Å². The van der Waals surface area contributed by atoms with Gasteiger partial charge in [0.05, 0.1) is 6.61 Å². The van der Waals surface area contributed by atoms with Gasteiger partial charge in [0, 0.05) is 12.6 Å². The summed E-state index contributed by atoms with van der Waals surface area (Å²) >= 11 is 0. The summed E-state index contributed by atoms with van der Waals surface area (Å²) in [7, 11) is 4.27. The van der Waals surface area contributed by atoms with E-state index in [0.717, 1.165) is 6.54 Å². The van der Waals surface area contributed by atoms with Crippen LogP contribution in [0.3, 0.4) is 0 Å². The highest BCUT2D eigenvalue weighted by Crippen LogP contribution is 2.13. The fourth-order valence-corrected chi connectivity index (χ4v) is 1.78. The Morgan fingerprint density at radius 2 is 2.00 bits per heavy atom. The number of piperidine rings is 1. The van der Waals surface area contributed by atoms with E-state index in [4.69, 9.17) is 5.11 Å². The molecule has 0 aromatic carbocycles. The second-order valence-electron chi connectivity index (χ2n) is 3.74. The van der Waals surface area contributed by atoms with Crippen LogP contribution in [0.15, 0.2) is 0 Å². The summed E-state index contributed by atoms with van der Waals surface area (Å²) in [5.41, 5.74) is 0. The van der Waals surface area contributed by atoms with Gasteiger partial charge >= 0.3 is 0 Å². The number of rotatable bonds is 3. The molecule has 0 amide bonds. The molecule has 0 atom stereocenters. The molecule has 1 rings (SSSR count). The second-order valence-corrected chi connectivity index (χ2v) is 3.74. The third-order valence-corrected chi connectivity index (χ3v) is 2.76. The standard InChI is InChI=1S/C9H20N2O/c1-10-5-3-9(4-6-10)11(2)7-8-12/h9,12H,3-8H2,1-2H3. The largest absolute Gasteiger partial charge is 0.395 e. The minimum atomic E-state index is 0.281. The van der Waals surface area contributed by atoms with Crippen LogP contribution in [0, 0.1) is 0 Å². The SMILES string of the molecule is CN1CCC(N(C)CCO)CC1. The summed E-state index contributed by atoms with van der Waals surface area (Å²) in [4.78, 5) is 4.64. The first-order valence-electron chi connectivity index (χ1n) is 4.73. The highest BCUT2D eigenvalue weighted by molar-refractivity contribution is 4.76. The monoisotopic (exact) mass is 172 g/mol. The van der Waals surface area contributed by atoms with Crippen LogP contribution in [0.5, 0.6) is 0 Å². The number of likely N-dealkylation sites (N-methyl/N-ethyl adjacent to an activating group) is 1. The van der Waals surface area contributed by atoms with Crippen molar-refractivity contribution in [2.45, 2.75) is 18.9 Å². The van der Waals surface area contributed by atoms with Crippen LogP contribution in [0.4, 0.5) is 0 Å².